The lowest BCUT2D eigenvalue weighted by molar-refractivity contribution is 0.163. The molecule has 0 aliphatic heterocycles. The maximum absolute atomic E-state index is 11.8. The minimum atomic E-state index is -3.34. The second-order valence-electron chi connectivity index (χ2n) is 4.89. The van der Waals surface area contributed by atoms with Crippen LogP contribution in [-0.2, 0) is 15.8 Å². The molecule has 0 spiro atoms. The lowest BCUT2D eigenvalue weighted by Crippen LogP contribution is -2.36. The number of nitrogens with one attached hydrogen (secondary N) is 1. The fourth-order valence-electron chi connectivity index (χ4n) is 1.21. The molecule has 5 heteroatoms. The van der Waals surface area contributed by atoms with Gasteiger partial charge in [0, 0.05) is 18.6 Å². The fourth-order valence-corrected chi connectivity index (χ4v) is 2.55. The van der Waals surface area contributed by atoms with Crippen molar-refractivity contribution in [1.82, 2.24) is 4.72 Å². The second kappa shape index (κ2) is 5.62. The lowest BCUT2D eigenvalue weighted by Gasteiger charge is -2.21. The number of hydrogen-bond donors (Lipinski definition) is 2. The zero-order valence-corrected chi connectivity index (χ0v) is 11.0. The molecule has 96 valence electrons. The monoisotopic (exact) mass is 257 g/mol. The fraction of sp³-hybridized carbons (Fsp3) is 0.500. The Labute approximate surface area is 103 Å². The quantitative estimate of drug-likeness (QED) is 0.802. The first kappa shape index (κ1) is 14.2. The van der Waals surface area contributed by atoms with Crippen LogP contribution in [0.2, 0.25) is 0 Å². The molecule has 0 aromatic heterocycles. The van der Waals surface area contributed by atoms with E-state index in [1.165, 1.54) is 0 Å². The van der Waals surface area contributed by atoms with Gasteiger partial charge in [-0.3, -0.25) is 0 Å². The van der Waals surface area contributed by atoms with Gasteiger partial charge in [0.2, 0.25) is 10.0 Å². The standard InChI is InChI=1S/C12H19NO3S/c1-12(2,10-14)9-13-17(15,16)8-11-6-4-3-5-7-11/h3-7,13-14H,8-10H2,1-2H3. The maximum atomic E-state index is 11.8. The molecule has 0 radical (unpaired) electrons. The molecule has 17 heavy (non-hydrogen) atoms. The van der Waals surface area contributed by atoms with Crippen LogP contribution in [0.4, 0.5) is 0 Å². The molecule has 0 aliphatic rings. The van der Waals surface area contributed by atoms with E-state index in [0.29, 0.717) is 0 Å². The van der Waals surface area contributed by atoms with Crippen molar-refractivity contribution in [2.45, 2.75) is 19.6 Å². The first-order valence-corrected chi connectivity index (χ1v) is 7.12. The molecule has 4 nitrogen and oxygen atoms in total. The Bertz CT molecular complexity index is 440. The summed E-state index contributed by atoms with van der Waals surface area (Å²) in [5.41, 5.74) is 0.311. The van der Waals surface area contributed by atoms with E-state index < -0.39 is 15.4 Å². The van der Waals surface area contributed by atoms with E-state index in [-0.39, 0.29) is 18.9 Å². The third-order valence-corrected chi connectivity index (χ3v) is 3.70. The summed E-state index contributed by atoms with van der Waals surface area (Å²) in [4.78, 5) is 0. The highest BCUT2D eigenvalue weighted by atomic mass is 32.2. The third-order valence-electron chi connectivity index (χ3n) is 2.40. The maximum Gasteiger partial charge on any atom is 0.215 e. The Kier molecular flexibility index (Phi) is 4.68. The van der Waals surface area contributed by atoms with Crippen LogP contribution in [0.15, 0.2) is 30.3 Å². The summed E-state index contributed by atoms with van der Waals surface area (Å²) in [6, 6.07) is 9.01. The number of aliphatic hydroxyl groups is 1. The predicted octanol–water partition coefficient (Wildman–Crippen LogP) is 1.12. The predicted molar refractivity (Wildman–Crippen MR) is 67.9 cm³/mol. The Hall–Kier alpha value is -0.910. The van der Waals surface area contributed by atoms with Crippen LogP contribution < -0.4 is 4.72 Å². The molecule has 1 rings (SSSR count). The first-order chi connectivity index (χ1) is 7.85. The van der Waals surface area contributed by atoms with Crippen molar-refractivity contribution in [2.75, 3.05) is 13.2 Å². The minimum Gasteiger partial charge on any atom is -0.396 e. The summed E-state index contributed by atoms with van der Waals surface area (Å²) in [5, 5.41) is 9.05. The molecule has 2 N–H and O–H groups in total. The van der Waals surface area contributed by atoms with Gasteiger partial charge < -0.3 is 5.11 Å². The smallest absolute Gasteiger partial charge is 0.215 e. The van der Waals surface area contributed by atoms with Gasteiger partial charge in [-0.1, -0.05) is 44.2 Å². The molecule has 1 aromatic rings. The van der Waals surface area contributed by atoms with E-state index >= 15 is 0 Å². The molecule has 0 atom stereocenters. The average molecular weight is 257 g/mol. The Morgan fingerprint density at radius 3 is 2.35 bits per heavy atom. The number of benzene rings is 1. The molecule has 0 aliphatic carbocycles. The molecule has 0 unspecified atom stereocenters. The highest BCUT2D eigenvalue weighted by Gasteiger charge is 2.20. The largest absolute Gasteiger partial charge is 0.396 e. The van der Waals surface area contributed by atoms with Gasteiger partial charge in [0.05, 0.1) is 5.75 Å². The Morgan fingerprint density at radius 1 is 1.24 bits per heavy atom. The molecule has 0 heterocycles. The molecule has 0 fully saturated rings. The number of rotatable bonds is 6. The lowest BCUT2D eigenvalue weighted by atomic mass is 9.96. The van der Waals surface area contributed by atoms with Gasteiger partial charge in [-0.2, -0.15) is 0 Å². The highest BCUT2D eigenvalue weighted by Crippen LogP contribution is 2.12. The normalized spacial score (nSPS) is 12.6. The summed E-state index contributed by atoms with van der Waals surface area (Å²) >= 11 is 0. The topological polar surface area (TPSA) is 66.4 Å². The minimum absolute atomic E-state index is 0.0324. The summed E-state index contributed by atoms with van der Waals surface area (Å²) in [5.74, 6) is -0.0324. The van der Waals surface area contributed by atoms with Gasteiger partial charge in [0.25, 0.3) is 0 Å². The van der Waals surface area contributed by atoms with Crippen molar-refractivity contribution in [3.8, 4) is 0 Å². The van der Waals surface area contributed by atoms with Gasteiger partial charge in [0.1, 0.15) is 0 Å². The van der Waals surface area contributed by atoms with Crippen molar-refractivity contribution >= 4 is 10.0 Å². The van der Waals surface area contributed by atoms with Crippen LogP contribution in [0.1, 0.15) is 19.4 Å². The molecule has 0 amide bonds. The average Bonchev–Trinajstić information content (AvgIpc) is 2.28. The van der Waals surface area contributed by atoms with Gasteiger partial charge in [-0.25, -0.2) is 13.1 Å². The van der Waals surface area contributed by atoms with Crippen molar-refractivity contribution < 1.29 is 13.5 Å². The molecular formula is C12H19NO3S. The van der Waals surface area contributed by atoms with Crippen molar-refractivity contribution in [3.05, 3.63) is 35.9 Å². The van der Waals surface area contributed by atoms with Gasteiger partial charge in [0.15, 0.2) is 0 Å². The molecule has 0 bridgehead atoms. The van der Waals surface area contributed by atoms with Crippen molar-refractivity contribution in [1.29, 1.82) is 0 Å². The summed E-state index contributed by atoms with van der Waals surface area (Å²) in [6.45, 7) is 3.79. The molecule has 0 saturated heterocycles. The molecule has 0 saturated carbocycles. The van der Waals surface area contributed by atoms with Gasteiger partial charge in [-0.05, 0) is 5.56 Å². The van der Waals surface area contributed by atoms with Crippen molar-refractivity contribution in [2.24, 2.45) is 5.41 Å². The van der Waals surface area contributed by atoms with Gasteiger partial charge >= 0.3 is 0 Å². The van der Waals surface area contributed by atoms with Gasteiger partial charge in [-0.15, -0.1) is 0 Å². The zero-order chi connectivity index (χ0) is 12.9. The SMILES string of the molecule is CC(C)(CO)CNS(=O)(=O)Cc1ccccc1. The van der Waals surface area contributed by atoms with E-state index in [1.54, 1.807) is 26.0 Å². The van der Waals surface area contributed by atoms with Crippen LogP contribution in [0.25, 0.3) is 0 Å². The summed E-state index contributed by atoms with van der Waals surface area (Å²) < 4.78 is 26.1. The molecular weight excluding hydrogens is 238 g/mol. The number of sulfonamides is 1. The Balaban J connectivity index is 2.59. The zero-order valence-electron chi connectivity index (χ0n) is 10.2. The van der Waals surface area contributed by atoms with Crippen LogP contribution in [0.5, 0.6) is 0 Å². The third kappa shape index (κ3) is 5.30. The van der Waals surface area contributed by atoms with E-state index in [4.69, 9.17) is 5.11 Å². The summed E-state index contributed by atoms with van der Waals surface area (Å²) in [6.07, 6.45) is 0. The second-order valence-corrected chi connectivity index (χ2v) is 6.69. The van der Waals surface area contributed by atoms with Crippen LogP contribution in [-0.4, -0.2) is 26.7 Å². The molecule has 1 aromatic carbocycles. The Morgan fingerprint density at radius 2 is 1.82 bits per heavy atom. The first-order valence-electron chi connectivity index (χ1n) is 5.47. The van der Waals surface area contributed by atoms with Crippen LogP contribution in [0, 0.1) is 5.41 Å². The van der Waals surface area contributed by atoms with Crippen molar-refractivity contribution in [3.63, 3.8) is 0 Å². The highest BCUT2D eigenvalue weighted by molar-refractivity contribution is 7.88. The van der Waals surface area contributed by atoms with Crippen LogP contribution >= 0.6 is 0 Å². The number of aliphatic hydroxyl groups excluding tert-OH is 1. The van der Waals surface area contributed by atoms with E-state index in [9.17, 15) is 8.42 Å². The summed E-state index contributed by atoms with van der Waals surface area (Å²) in [7, 11) is -3.34. The van der Waals surface area contributed by atoms with E-state index in [0.717, 1.165) is 5.56 Å². The van der Waals surface area contributed by atoms with Crippen LogP contribution in [0.3, 0.4) is 0 Å². The van der Waals surface area contributed by atoms with E-state index in [1.807, 2.05) is 18.2 Å². The number of hydrogen-bond acceptors (Lipinski definition) is 3. The van der Waals surface area contributed by atoms with E-state index in [2.05, 4.69) is 4.72 Å².